The maximum Gasteiger partial charge on any atom is 0.229 e. The molecule has 5 rings (SSSR count). The molecule has 3 N–H and O–H groups in total. The molecule has 1 aliphatic heterocycles. The van der Waals surface area contributed by atoms with Gasteiger partial charge in [-0.2, -0.15) is 10.1 Å². The molecule has 2 aromatic heterocycles. The second-order valence-electron chi connectivity index (χ2n) is 7.58. The summed E-state index contributed by atoms with van der Waals surface area (Å²) in [5.74, 6) is 1.36. The van der Waals surface area contributed by atoms with Gasteiger partial charge in [0.05, 0.1) is 11.9 Å². The normalized spacial score (nSPS) is 12.9. The number of hydrogen-bond donors (Lipinski definition) is 3. The van der Waals surface area contributed by atoms with E-state index in [4.69, 9.17) is 9.98 Å². The first-order valence-corrected chi connectivity index (χ1v) is 12.7. The number of fused-ring (bicyclic) bond motifs is 1. The molecular formula is C26H23N7S2. The van der Waals surface area contributed by atoms with Gasteiger partial charge in [0.15, 0.2) is 0 Å². The van der Waals surface area contributed by atoms with Crippen molar-refractivity contribution in [2.24, 2.45) is 15.1 Å². The molecule has 2 aromatic carbocycles. The maximum atomic E-state index is 4.85. The van der Waals surface area contributed by atoms with E-state index in [-0.39, 0.29) is 0 Å². The van der Waals surface area contributed by atoms with Crippen LogP contribution in [0.25, 0.3) is 0 Å². The highest BCUT2D eigenvalue weighted by Gasteiger charge is 2.15. The summed E-state index contributed by atoms with van der Waals surface area (Å²) in [6.45, 7) is 0. The summed E-state index contributed by atoms with van der Waals surface area (Å²) < 4.78 is 0. The van der Waals surface area contributed by atoms with Gasteiger partial charge in [-0.05, 0) is 59.5 Å². The Kier molecular flexibility index (Phi) is 7.16. The van der Waals surface area contributed by atoms with Crippen LogP contribution in [0.2, 0.25) is 0 Å². The molecule has 0 fully saturated rings. The number of nitrogens with zero attached hydrogens (tertiary/aromatic N) is 4. The molecule has 3 heterocycles. The van der Waals surface area contributed by atoms with Crippen LogP contribution in [0.5, 0.6) is 0 Å². The highest BCUT2D eigenvalue weighted by Crippen LogP contribution is 2.31. The molecule has 0 unspecified atom stereocenters. The van der Waals surface area contributed by atoms with Gasteiger partial charge in [0, 0.05) is 51.9 Å². The number of hydrazone groups is 1. The number of aromatic nitrogens is 1. The molecule has 9 heteroatoms. The second-order valence-corrected chi connectivity index (χ2v) is 9.72. The summed E-state index contributed by atoms with van der Waals surface area (Å²) in [4.78, 5) is 17.2. The van der Waals surface area contributed by atoms with Crippen molar-refractivity contribution in [3.05, 3.63) is 94.9 Å². The van der Waals surface area contributed by atoms with Gasteiger partial charge < -0.3 is 16.1 Å². The van der Waals surface area contributed by atoms with Crippen molar-refractivity contribution >= 4 is 58.2 Å². The zero-order valence-corrected chi connectivity index (χ0v) is 20.6. The molecule has 0 radical (unpaired) electrons. The van der Waals surface area contributed by atoms with E-state index in [9.17, 15) is 0 Å². The minimum absolute atomic E-state index is 0.543. The zero-order valence-electron chi connectivity index (χ0n) is 19.0. The molecule has 0 bridgehead atoms. The van der Waals surface area contributed by atoms with Gasteiger partial charge >= 0.3 is 0 Å². The Morgan fingerprint density at radius 1 is 0.943 bits per heavy atom. The number of aliphatic imine (C=N–C) groups is 2. The summed E-state index contributed by atoms with van der Waals surface area (Å²) in [6.07, 6.45) is 6.09. The molecule has 1 aliphatic rings. The smallest absolute Gasteiger partial charge is 0.229 e. The highest BCUT2D eigenvalue weighted by atomic mass is 32.2. The first-order valence-electron chi connectivity index (χ1n) is 11.0. The lowest BCUT2D eigenvalue weighted by atomic mass is 10.2. The van der Waals surface area contributed by atoms with Crippen LogP contribution in [0, 0.1) is 0 Å². The van der Waals surface area contributed by atoms with E-state index in [1.807, 2.05) is 60.8 Å². The van der Waals surface area contributed by atoms with Crippen LogP contribution >= 0.6 is 23.1 Å². The molecule has 174 valence electrons. The minimum Gasteiger partial charge on any atom is -0.343 e. The van der Waals surface area contributed by atoms with Crippen molar-refractivity contribution in [3.8, 4) is 0 Å². The van der Waals surface area contributed by atoms with Crippen LogP contribution in [0.3, 0.4) is 0 Å². The van der Waals surface area contributed by atoms with E-state index in [0.29, 0.717) is 12.4 Å². The number of benzene rings is 2. The third kappa shape index (κ3) is 6.14. The van der Waals surface area contributed by atoms with Crippen LogP contribution in [-0.2, 0) is 6.42 Å². The van der Waals surface area contributed by atoms with Crippen LogP contribution in [0.15, 0.2) is 109 Å². The zero-order chi connectivity index (χ0) is 23.9. The average Bonchev–Trinajstić information content (AvgIpc) is 3.23. The number of hydrogen-bond acceptors (Lipinski definition) is 9. The van der Waals surface area contributed by atoms with Gasteiger partial charge in [0.1, 0.15) is 5.84 Å². The monoisotopic (exact) mass is 497 g/mol. The van der Waals surface area contributed by atoms with E-state index < -0.39 is 0 Å². The average molecular weight is 498 g/mol. The lowest BCUT2D eigenvalue weighted by Crippen LogP contribution is -2.18. The molecule has 0 amide bonds. The summed E-state index contributed by atoms with van der Waals surface area (Å²) in [6, 6.07) is 22.3. The van der Waals surface area contributed by atoms with Crippen molar-refractivity contribution in [3.63, 3.8) is 0 Å². The first-order chi connectivity index (χ1) is 17.2. The fourth-order valence-corrected chi connectivity index (χ4v) is 5.15. The Bertz CT molecular complexity index is 1390. The molecule has 7 nitrogen and oxygen atoms in total. The van der Waals surface area contributed by atoms with E-state index in [1.165, 1.54) is 4.88 Å². The number of amidine groups is 1. The van der Waals surface area contributed by atoms with E-state index in [1.54, 1.807) is 42.6 Å². The summed E-state index contributed by atoms with van der Waals surface area (Å²) >= 11 is 3.35. The van der Waals surface area contributed by atoms with Crippen molar-refractivity contribution in [2.45, 2.75) is 16.2 Å². The van der Waals surface area contributed by atoms with Gasteiger partial charge in [-0.15, -0.1) is 11.3 Å². The Hall–Kier alpha value is -3.95. The fraction of sp³-hybridized carbons (Fsp3) is 0.0769. The van der Waals surface area contributed by atoms with Crippen molar-refractivity contribution in [2.75, 3.05) is 17.7 Å². The molecule has 0 spiro atoms. The van der Waals surface area contributed by atoms with Gasteiger partial charge in [-0.25, -0.2) is 4.99 Å². The minimum atomic E-state index is 0.543. The summed E-state index contributed by atoms with van der Waals surface area (Å²) in [5.41, 5.74) is 6.57. The number of anilines is 2. The van der Waals surface area contributed by atoms with Crippen molar-refractivity contribution in [1.82, 2.24) is 10.4 Å². The van der Waals surface area contributed by atoms with Crippen LogP contribution in [0.1, 0.15) is 10.4 Å². The largest absolute Gasteiger partial charge is 0.343 e. The summed E-state index contributed by atoms with van der Waals surface area (Å²) in [5, 5.41) is 13.0. The van der Waals surface area contributed by atoms with Gasteiger partial charge in [-0.3, -0.25) is 4.98 Å². The molecule has 0 saturated heterocycles. The molecule has 0 saturated carbocycles. The SMILES string of the molecule is CN/N=C\c1cccc(NC2=NC(Nc3cccc(Sc4cccnc4)c3)=Nc3ccsc3C2)c1. The van der Waals surface area contributed by atoms with E-state index in [2.05, 4.69) is 43.7 Å². The highest BCUT2D eigenvalue weighted by molar-refractivity contribution is 7.99. The predicted molar refractivity (Wildman–Crippen MR) is 148 cm³/mol. The Morgan fingerprint density at radius 3 is 2.66 bits per heavy atom. The molecule has 4 aromatic rings. The Balaban J connectivity index is 1.38. The third-order valence-corrected chi connectivity index (χ3v) is 6.87. The van der Waals surface area contributed by atoms with Gasteiger partial charge in [0.2, 0.25) is 5.96 Å². The van der Waals surface area contributed by atoms with Crippen LogP contribution < -0.4 is 16.1 Å². The third-order valence-electron chi connectivity index (χ3n) is 5.00. The maximum absolute atomic E-state index is 4.85. The number of nitrogens with one attached hydrogen (secondary N) is 3. The fourth-order valence-electron chi connectivity index (χ4n) is 3.46. The Labute approximate surface area is 212 Å². The van der Waals surface area contributed by atoms with Gasteiger partial charge in [-0.1, -0.05) is 30.0 Å². The lowest BCUT2D eigenvalue weighted by molar-refractivity contribution is 0.908. The van der Waals surface area contributed by atoms with Gasteiger partial charge in [0.25, 0.3) is 0 Å². The van der Waals surface area contributed by atoms with E-state index >= 15 is 0 Å². The second kappa shape index (κ2) is 11.0. The number of pyridine rings is 1. The van der Waals surface area contributed by atoms with Crippen molar-refractivity contribution < 1.29 is 0 Å². The summed E-state index contributed by atoms with van der Waals surface area (Å²) in [7, 11) is 1.78. The molecule has 35 heavy (non-hydrogen) atoms. The quantitative estimate of drug-likeness (QED) is 0.224. The Morgan fingerprint density at radius 2 is 1.80 bits per heavy atom. The lowest BCUT2D eigenvalue weighted by Gasteiger charge is -2.11. The standard InChI is InChI=1S/C26H23N7S2/c1-27-29-16-18-5-2-6-19(13-18)30-25-15-24-23(10-12-34-24)32-26(33-25)31-20-7-3-8-21(14-20)35-22-9-4-11-28-17-22/h2-14,16-17,27H,15H2,1H3,(H2,30,31,32,33)/b29-16-. The predicted octanol–water partition coefficient (Wildman–Crippen LogP) is 6.01. The number of guanidine groups is 1. The van der Waals surface area contributed by atoms with Crippen LogP contribution in [-0.4, -0.2) is 30.0 Å². The van der Waals surface area contributed by atoms with E-state index in [0.717, 1.165) is 38.3 Å². The van der Waals surface area contributed by atoms with Crippen LogP contribution in [0.4, 0.5) is 17.1 Å². The first kappa shape index (κ1) is 22.8. The molecule has 0 atom stereocenters. The van der Waals surface area contributed by atoms with Crippen molar-refractivity contribution in [1.29, 1.82) is 0 Å². The topological polar surface area (TPSA) is 86.1 Å². The number of thiophene rings is 1. The number of rotatable bonds is 6. The molecule has 0 aliphatic carbocycles. The molecular weight excluding hydrogens is 474 g/mol.